The molecule has 2 aromatic heterocycles. The molecule has 20 heavy (non-hydrogen) atoms. The van der Waals surface area contributed by atoms with Crippen LogP contribution in [0.25, 0.3) is 0 Å². The molecule has 0 saturated heterocycles. The third kappa shape index (κ3) is 4.20. The van der Waals surface area contributed by atoms with E-state index in [9.17, 15) is 4.79 Å². The van der Waals surface area contributed by atoms with Crippen LogP contribution >= 0.6 is 22.7 Å². The van der Waals surface area contributed by atoms with Gasteiger partial charge in [0.1, 0.15) is 0 Å². The Hall–Kier alpha value is -1.61. The van der Waals surface area contributed by atoms with E-state index in [-0.39, 0.29) is 5.91 Å². The fourth-order valence-corrected chi connectivity index (χ4v) is 3.24. The van der Waals surface area contributed by atoms with Crippen LogP contribution in [0.3, 0.4) is 0 Å². The molecule has 0 bridgehead atoms. The first kappa shape index (κ1) is 14.8. The van der Waals surface area contributed by atoms with Gasteiger partial charge in [-0.2, -0.15) is 11.3 Å². The molecule has 2 aromatic rings. The molecule has 0 unspecified atom stereocenters. The van der Waals surface area contributed by atoms with Crippen molar-refractivity contribution in [3.8, 4) is 11.8 Å². The van der Waals surface area contributed by atoms with Crippen molar-refractivity contribution in [3.05, 3.63) is 44.3 Å². The number of hydrogen-bond acceptors (Lipinski definition) is 4. The highest BCUT2D eigenvalue weighted by atomic mass is 32.1. The zero-order chi connectivity index (χ0) is 14.4. The minimum Gasteiger partial charge on any atom is -0.340 e. The summed E-state index contributed by atoms with van der Waals surface area (Å²) in [6.07, 6.45) is 0.464. The zero-order valence-corrected chi connectivity index (χ0v) is 12.9. The third-order valence-electron chi connectivity index (χ3n) is 2.74. The van der Waals surface area contributed by atoms with Crippen molar-refractivity contribution in [1.29, 1.82) is 0 Å². The topological polar surface area (TPSA) is 46.3 Å². The Balaban J connectivity index is 1.92. The molecule has 3 nitrogen and oxygen atoms in total. The van der Waals surface area contributed by atoms with Crippen LogP contribution in [0.5, 0.6) is 0 Å². The Labute approximate surface area is 127 Å². The normalized spacial score (nSPS) is 9.90. The van der Waals surface area contributed by atoms with Gasteiger partial charge in [0.2, 0.25) is 5.91 Å². The minimum atomic E-state index is 0.131. The van der Waals surface area contributed by atoms with Crippen molar-refractivity contribution in [1.82, 2.24) is 4.90 Å². The molecule has 104 valence electrons. The molecule has 2 rings (SSSR count). The van der Waals surface area contributed by atoms with Gasteiger partial charge in [-0.15, -0.1) is 11.3 Å². The van der Waals surface area contributed by atoms with Gasteiger partial charge in [0, 0.05) is 22.9 Å². The first-order chi connectivity index (χ1) is 9.69. The van der Waals surface area contributed by atoms with Crippen LogP contribution in [0.2, 0.25) is 0 Å². The summed E-state index contributed by atoms with van der Waals surface area (Å²) < 4.78 is 0. The number of likely N-dealkylation sites (N-methyl/N-ethyl adjacent to an activating group) is 1. The molecule has 5 heteroatoms. The van der Waals surface area contributed by atoms with Crippen LogP contribution in [-0.4, -0.2) is 24.4 Å². The van der Waals surface area contributed by atoms with Crippen LogP contribution in [-0.2, 0) is 17.8 Å². The lowest BCUT2D eigenvalue weighted by Crippen LogP contribution is -2.27. The maximum absolute atomic E-state index is 12.1. The molecule has 0 radical (unpaired) electrons. The molecule has 0 spiro atoms. The molecule has 0 aliphatic rings. The number of rotatable bonds is 4. The number of carbonyl (C=O) groups excluding carboxylic acids is 1. The summed E-state index contributed by atoms with van der Waals surface area (Å²) in [7, 11) is 1.83. The molecule has 0 fully saturated rings. The minimum absolute atomic E-state index is 0.131. The van der Waals surface area contributed by atoms with Crippen molar-refractivity contribution in [3.63, 3.8) is 0 Å². The van der Waals surface area contributed by atoms with E-state index < -0.39 is 0 Å². The molecular weight excluding hydrogens is 288 g/mol. The number of hydrogen-bond donors (Lipinski definition) is 1. The van der Waals surface area contributed by atoms with Gasteiger partial charge in [0.15, 0.2) is 0 Å². The van der Waals surface area contributed by atoms with Crippen LogP contribution < -0.4 is 5.73 Å². The second-order valence-electron chi connectivity index (χ2n) is 4.37. The fourth-order valence-electron chi connectivity index (χ4n) is 1.71. The van der Waals surface area contributed by atoms with E-state index >= 15 is 0 Å². The molecular formula is C15H16N2OS2. The number of nitrogens with two attached hydrogens (primary N) is 1. The van der Waals surface area contributed by atoms with Gasteiger partial charge in [-0.25, -0.2) is 0 Å². The lowest BCUT2D eigenvalue weighted by molar-refractivity contribution is -0.129. The maximum atomic E-state index is 12.1. The van der Waals surface area contributed by atoms with Crippen molar-refractivity contribution < 1.29 is 4.79 Å². The summed E-state index contributed by atoms with van der Waals surface area (Å²) in [5.41, 5.74) is 7.39. The lowest BCUT2D eigenvalue weighted by atomic mass is 10.2. The lowest BCUT2D eigenvalue weighted by Gasteiger charge is -2.15. The van der Waals surface area contributed by atoms with E-state index in [0.717, 1.165) is 16.0 Å². The molecule has 0 saturated carbocycles. The number of nitrogens with zero attached hydrogens (tertiary/aromatic N) is 1. The second kappa shape index (κ2) is 7.25. The Bertz CT molecular complexity index is 620. The Kier molecular flexibility index (Phi) is 5.36. The average molecular weight is 304 g/mol. The number of thiophene rings is 2. The van der Waals surface area contributed by atoms with Gasteiger partial charge in [-0.05, 0) is 28.5 Å². The molecule has 2 N–H and O–H groups in total. The fraction of sp³-hybridized carbons (Fsp3) is 0.267. The van der Waals surface area contributed by atoms with Gasteiger partial charge in [-0.1, -0.05) is 11.8 Å². The summed E-state index contributed by atoms with van der Waals surface area (Å²) in [5, 5.41) is 6.00. The summed E-state index contributed by atoms with van der Waals surface area (Å²) in [5.74, 6) is 5.96. The molecule has 0 atom stereocenters. The Morgan fingerprint density at radius 3 is 3.00 bits per heavy atom. The summed E-state index contributed by atoms with van der Waals surface area (Å²) in [4.78, 5) is 15.0. The van der Waals surface area contributed by atoms with Crippen LogP contribution in [0.1, 0.15) is 16.0 Å². The third-order valence-corrected chi connectivity index (χ3v) is 4.40. The van der Waals surface area contributed by atoms with E-state index in [0.29, 0.717) is 19.5 Å². The smallest absolute Gasteiger partial charge is 0.227 e. The second-order valence-corrected chi connectivity index (χ2v) is 6.14. The molecule has 0 aliphatic heterocycles. The Morgan fingerprint density at radius 1 is 1.45 bits per heavy atom. The molecule has 0 aromatic carbocycles. The highest BCUT2D eigenvalue weighted by Crippen LogP contribution is 2.16. The van der Waals surface area contributed by atoms with Gasteiger partial charge < -0.3 is 10.6 Å². The van der Waals surface area contributed by atoms with E-state index in [1.807, 2.05) is 35.3 Å². The van der Waals surface area contributed by atoms with Crippen molar-refractivity contribution >= 4 is 28.6 Å². The summed E-state index contributed by atoms with van der Waals surface area (Å²) in [6.45, 7) is 0.988. The van der Waals surface area contributed by atoms with Gasteiger partial charge >= 0.3 is 0 Å². The average Bonchev–Trinajstić information content (AvgIpc) is 3.08. The Morgan fingerprint density at radius 2 is 2.30 bits per heavy atom. The highest BCUT2D eigenvalue weighted by Gasteiger charge is 2.11. The quantitative estimate of drug-likeness (QED) is 0.881. The van der Waals surface area contributed by atoms with Crippen LogP contribution in [0.4, 0.5) is 0 Å². The van der Waals surface area contributed by atoms with Crippen LogP contribution in [0.15, 0.2) is 28.3 Å². The zero-order valence-electron chi connectivity index (χ0n) is 11.3. The monoisotopic (exact) mass is 304 g/mol. The summed E-state index contributed by atoms with van der Waals surface area (Å²) >= 11 is 3.23. The maximum Gasteiger partial charge on any atom is 0.227 e. The first-order valence-corrected chi connectivity index (χ1v) is 8.02. The van der Waals surface area contributed by atoms with Crippen molar-refractivity contribution in [2.24, 2.45) is 5.73 Å². The van der Waals surface area contributed by atoms with E-state index in [2.05, 4.69) is 11.8 Å². The van der Waals surface area contributed by atoms with E-state index in [1.165, 1.54) is 0 Å². The first-order valence-electron chi connectivity index (χ1n) is 6.20. The predicted octanol–water partition coefficient (Wildman–Crippen LogP) is 2.32. The van der Waals surface area contributed by atoms with Crippen LogP contribution in [0, 0.1) is 11.8 Å². The van der Waals surface area contributed by atoms with Crippen molar-refractivity contribution in [2.75, 3.05) is 13.6 Å². The SMILES string of the molecule is CN(Cc1cc(C#CCN)cs1)C(=O)Cc1ccsc1. The molecule has 2 heterocycles. The van der Waals surface area contributed by atoms with Gasteiger partial charge in [-0.3, -0.25) is 4.79 Å². The molecule has 0 aliphatic carbocycles. The highest BCUT2D eigenvalue weighted by molar-refractivity contribution is 7.10. The summed E-state index contributed by atoms with van der Waals surface area (Å²) in [6, 6.07) is 4.00. The largest absolute Gasteiger partial charge is 0.340 e. The molecule has 1 amide bonds. The van der Waals surface area contributed by atoms with E-state index in [4.69, 9.17) is 5.73 Å². The number of amides is 1. The van der Waals surface area contributed by atoms with Gasteiger partial charge in [0.05, 0.1) is 19.5 Å². The predicted molar refractivity (Wildman–Crippen MR) is 84.7 cm³/mol. The standard InChI is InChI=1S/C15H16N2OS2/c1-17(15(18)8-13-4-6-19-10-13)9-14-7-12(11-20-14)3-2-5-16/h4,6-7,10-11H,5,8-9,16H2,1H3. The van der Waals surface area contributed by atoms with Gasteiger partial charge in [0.25, 0.3) is 0 Å². The van der Waals surface area contributed by atoms with Crippen molar-refractivity contribution in [2.45, 2.75) is 13.0 Å². The number of carbonyl (C=O) groups is 1. The van der Waals surface area contributed by atoms with E-state index in [1.54, 1.807) is 27.6 Å².